The summed E-state index contributed by atoms with van der Waals surface area (Å²) in [6.07, 6.45) is 4.97. The number of hydrogen-bond acceptors (Lipinski definition) is 0. The zero-order valence-electron chi connectivity index (χ0n) is 21.9. The van der Waals surface area contributed by atoms with Crippen LogP contribution in [0.1, 0.15) is 117 Å². The van der Waals surface area contributed by atoms with Crippen LogP contribution < -0.4 is 0 Å². The third-order valence-corrected chi connectivity index (χ3v) is 7.88. The SMILES string of the molecule is CCC(C)CC1(CC(C)CC)c2cc(C(C)(C)C)ccc2-c2ccc(C(C)(C)C)cc21. The molecule has 2 aromatic rings. The fourth-order valence-corrected chi connectivity index (χ4v) is 5.43. The van der Waals surface area contributed by atoms with Gasteiger partial charge in [0.25, 0.3) is 0 Å². The van der Waals surface area contributed by atoms with E-state index in [0.717, 1.165) is 0 Å². The van der Waals surface area contributed by atoms with E-state index < -0.39 is 0 Å². The van der Waals surface area contributed by atoms with Crippen LogP contribution in [-0.4, -0.2) is 0 Å². The van der Waals surface area contributed by atoms with Gasteiger partial charge in [-0.15, -0.1) is 0 Å². The third-order valence-electron chi connectivity index (χ3n) is 7.88. The summed E-state index contributed by atoms with van der Waals surface area (Å²) in [7, 11) is 0. The topological polar surface area (TPSA) is 0 Å². The summed E-state index contributed by atoms with van der Waals surface area (Å²) in [6.45, 7) is 23.7. The molecule has 0 bridgehead atoms. The van der Waals surface area contributed by atoms with Crippen LogP contribution in [0, 0.1) is 11.8 Å². The molecule has 2 unspecified atom stereocenters. The Kier molecular flexibility index (Phi) is 6.54. The lowest BCUT2D eigenvalue weighted by Gasteiger charge is -2.38. The molecule has 0 saturated heterocycles. The van der Waals surface area contributed by atoms with Crippen LogP contribution >= 0.6 is 0 Å². The molecule has 0 heterocycles. The summed E-state index contributed by atoms with van der Waals surface area (Å²) >= 11 is 0. The summed E-state index contributed by atoms with van der Waals surface area (Å²) in [5.74, 6) is 1.42. The monoisotopic (exact) mass is 418 g/mol. The molecule has 0 saturated carbocycles. The van der Waals surface area contributed by atoms with Gasteiger partial charge in [0, 0.05) is 5.41 Å². The Balaban J connectivity index is 2.35. The van der Waals surface area contributed by atoms with Crippen molar-refractivity contribution in [3.8, 4) is 11.1 Å². The van der Waals surface area contributed by atoms with Crippen LogP contribution in [0.15, 0.2) is 36.4 Å². The predicted octanol–water partition coefficient (Wildman–Crippen LogP) is 9.42. The van der Waals surface area contributed by atoms with E-state index in [1.807, 2.05) is 0 Å². The second-order valence-corrected chi connectivity index (χ2v) is 12.5. The Labute approximate surface area is 192 Å². The van der Waals surface area contributed by atoms with E-state index in [1.54, 1.807) is 11.1 Å². The molecule has 0 heteroatoms. The lowest BCUT2D eigenvalue weighted by atomic mass is 9.65. The third kappa shape index (κ3) is 4.50. The Hall–Kier alpha value is -1.56. The van der Waals surface area contributed by atoms with Crippen molar-refractivity contribution in [1.82, 2.24) is 0 Å². The maximum atomic E-state index is 2.58. The molecule has 1 aliphatic carbocycles. The molecule has 0 spiro atoms. The molecule has 3 rings (SSSR count). The van der Waals surface area contributed by atoms with Crippen molar-refractivity contribution in [3.05, 3.63) is 58.7 Å². The average Bonchev–Trinajstić information content (AvgIpc) is 2.95. The fourth-order valence-electron chi connectivity index (χ4n) is 5.43. The number of benzene rings is 2. The molecular formula is C31H46. The summed E-state index contributed by atoms with van der Waals surface area (Å²) in [5.41, 5.74) is 9.55. The van der Waals surface area contributed by atoms with E-state index in [2.05, 4.69) is 106 Å². The lowest BCUT2D eigenvalue weighted by Crippen LogP contribution is -2.31. The molecule has 0 amide bonds. The highest BCUT2D eigenvalue weighted by Crippen LogP contribution is 2.56. The quantitative estimate of drug-likeness (QED) is 0.438. The van der Waals surface area contributed by atoms with Gasteiger partial charge in [0.05, 0.1) is 0 Å². The molecule has 170 valence electrons. The molecule has 31 heavy (non-hydrogen) atoms. The standard InChI is InChI=1S/C31H46/c1-11-21(3)19-31(20-22(4)12-2)27-17-23(29(5,6)7)13-15-25(27)26-16-14-24(18-28(26)31)30(8,9)10/h13-18,21-22H,11-12,19-20H2,1-10H3. The number of fused-ring (bicyclic) bond motifs is 3. The predicted molar refractivity (Wildman–Crippen MR) is 138 cm³/mol. The summed E-state index contributed by atoms with van der Waals surface area (Å²) in [4.78, 5) is 0. The van der Waals surface area contributed by atoms with E-state index in [9.17, 15) is 0 Å². The molecule has 0 aromatic heterocycles. The molecule has 0 fully saturated rings. The second-order valence-electron chi connectivity index (χ2n) is 12.5. The zero-order chi connectivity index (χ0) is 23.2. The van der Waals surface area contributed by atoms with Crippen LogP contribution in [0.3, 0.4) is 0 Å². The van der Waals surface area contributed by atoms with Gasteiger partial charge >= 0.3 is 0 Å². The van der Waals surface area contributed by atoms with E-state index in [4.69, 9.17) is 0 Å². The van der Waals surface area contributed by atoms with Gasteiger partial charge in [-0.2, -0.15) is 0 Å². The second kappa shape index (κ2) is 8.42. The van der Waals surface area contributed by atoms with Gasteiger partial charge in [-0.25, -0.2) is 0 Å². The summed E-state index contributed by atoms with van der Waals surface area (Å²) in [6, 6.07) is 14.8. The fraction of sp³-hybridized carbons (Fsp3) is 0.613. The first-order valence-electron chi connectivity index (χ1n) is 12.6. The van der Waals surface area contributed by atoms with Gasteiger partial charge in [-0.05, 0) is 68.9 Å². The number of hydrogen-bond donors (Lipinski definition) is 0. The first-order chi connectivity index (χ1) is 14.3. The van der Waals surface area contributed by atoms with E-state index in [0.29, 0.717) is 11.8 Å². The Morgan fingerprint density at radius 3 is 1.29 bits per heavy atom. The molecule has 0 aliphatic heterocycles. The van der Waals surface area contributed by atoms with E-state index in [-0.39, 0.29) is 16.2 Å². The maximum absolute atomic E-state index is 2.58. The average molecular weight is 419 g/mol. The van der Waals surface area contributed by atoms with Crippen molar-refractivity contribution in [2.75, 3.05) is 0 Å². The Bertz CT molecular complexity index is 839. The first-order valence-corrected chi connectivity index (χ1v) is 12.6. The van der Waals surface area contributed by atoms with Crippen molar-refractivity contribution >= 4 is 0 Å². The highest BCUT2D eigenvalue weighted by molar-refractivity contribution is 5.82. The van der Waals surface area contributed by atoms with Gasteiger partial charge in [0.15, 0.2) is 0 Å². The molecule has 0 radical (unpaired) electrons. The van der Waals surface area contributed by atoms with Gasteiger partial charge in [-0.1, -0.05) is 118 Å². The van der Waals surface area contributed by atoms with Gasteiger partial charge in [0.1, 0.15) is 0 Å². The largest absolute Gasteiger partial charge is 0.0651 e. The minimum Gasteiger partial charge on any atom is -0.0651 e. The van der Waals surface area contributed by atoms with E-state index in [1.165, 1.54) is 47.9 Å². The van der Waals surface area contributed by atoms with Gasteiger partial charge < -0.3 is 0 Å². The molecule has 2 aromatic carbocycles. The zero-order valence-corrected chi connectivity index (χ0v) is 21.9. The van der Waals surface area contributed by atoms with Gasteiger partial charge in [0.2, 0.25) is 0 Å². The highest BCUT2D eigenvalue weighted by atomic mass is 14.5. The van der Waals surface area contributed by atoms with Crippen molar-refractivity contribution in [2.24, 2.45) is 11.8 Å². The first kappa shape index (κ1) is 24.1. The van der Waals surface area contributed by atoms with Crippen molar-refractivity contribution in [1.29, 1.82) is 0 Å². The molecule has 0 N–H and O–H groups in total. The normalized spacial score (nSPS) is 17.2. The molecular weight excluding hydrogens is 372 g/mol. The van der Waals surface area contributed by atoms with Crippen LogP contribution in [0.25, 0.3) is 11.1 Å². The highest BCUT2D eigenvalue weighted by Gasteiger charge is 2.45. The number of rotatable bonds is 6. The smallest absolute Gasteiger partial charge is 0.0220 e. The van der Waals surface area contributed by atoms with Gasteiger partial charge in [-0.3, -0.25) is 0 Å². The Morgan fingerprint density at radius 1 is 0.645 bits per heavy atom. The van der Waals surface area contributed by atoms with Crippen LogP contribution in [0.2, 0.25) is 0 Å². The van der Waals surface area contributed by atoms with Crippen LogP contribution in [0.5, 0.6) is 0 Å². The summed E-state index contributed by atoms with van der Waals surface area (Å²) < 4.78 is 0. The van der Waals surface area contributed by atoms with Crippen LogP contribution in [0.4, 0.5) is 0 Å². The van der Waals surface area contributed by atoms with Crippen molar-refractivity contribution in [3.63, 3.8) is 0 Å². The molecule has 2 atom stereocenters. The van der Waals surface area contributed by atoms with E-state index >= 15 is 0 Å². The maximum Gasteiger partial charge on any atom is 0.0220 e. The molecule has 1 aliphatic rings. The molecule has 0 nitrogen and oxygen atoms in total. The Morgan fingerprint density at radius 2 is 1.00 bits per heavy atom. The van der Waals surface area contributed by atoms with Crippen LogP contribution in [-0.2, 0) is 16.2 Å². The minimum atomic E-state index is 0.123. The lowest BCUT2D eigenvalue weighted by molar-refractivity contribution is 0.307. The van der Waals surface area contributed by atoms with Crippen molar-refractivity contribution < 1.29 is 0 Å². The van der Waals surface area contributed by atoms with Crippen molar-refractivity contribution in [2.45, 2.75) is 111 Å². The summed E-state index contributed by atoms with van der Waals surface area (Å²) in [5, 5.41) is 0. The minimum absolute atomic E-state index is 0.123.